The highest BCUT2D eigenvalue weighted by Gasteiger charge is 2.41. The number of hydrogen-bond acceptors (Lipinski definition) is 8. The van der Waals surface area contributed by atoms with E-state index in [0.29, 0.717) is 52.3 Å². The van der Waals surface area contributed by atoms with E-state index in [4.69, 9.17) is 33.7 Å². The molecule has 0 unspecified atom stereocenters. The predicted molar refractivity (Wildman–Crippen MR) is 146 cm³/mol. The van der Waals surface area contributed by atoms with Crippen LogP contribution >= 0.6 is 23.2 Å². The van der Waals surface area contributed by atoms with Crippen molar-refractivity contribution >= 4 is 39.9 Å². The maximum Gasteiger partial charge on any atom is 0.151 e. The van der Waals surface area contributed by atoms with Crippen molar-refractivity contribution in [1.29, 1.82) is 0 Å². The Morgan fingerprint density at radius 3 is 2.61 bits per heavy atom. The number of ether oxygens (including phenoxy) is 1. The summed E-state index contributed by atoms with van der Waals surface area (Å²) in [6, 6.07) is 9.55. The Hall–Kier alpha value is -3.73. The number of anilines is 1. The number of rotatable bonds is 7. The van der Waals surface area contributed by atoms with Crippen molar-refractivity contribution in [3.63, 3.8) is 0 Å². The van der Waals surface area contributed by atoms with Crippen molar-refractivity contribution < 1.29 is 4.74 Å². The summed E-state index contributed by atoms with van der Waals surface area (Å²) in [7, 11) is 1.98. The smallest absolute Gasteiger partial charge is 0.151 e. The number of imidazole rings is 1. The van der Waals surface area contributed by atoms with Gasteiger partial charge in [0, 0.05) is 62.3 Å². The minimum absolute atomic E-state index is 0.337. The highest BCUT2D eigenvalue weighted by Crippen LogP contribution is 2.35. The van der Waals surface area contributed by atoms with Crippen molar-refractivity contribution in [2.45, 2.75) is 25.0 Å². The average molecular weight is 550 g/mol. The van der Waals surface area contributed by atoms with Crippen molar-refractivity contribution in [2.75, 3.05) is 18.0 Å². The quantitative estimate of drug-likeness (QED) is 0.307. The van der Waals surface area contributed by atoms with E-state index in [9.17, 15) is 0 Å². The molecule has 5 aromatic rings. The van der Waals surface area contributed by atoms with Gasteiger partial charge in [0.15, 0.2) is 5.82 Å². The minimum Gasteiger partial charge on any atom is -0.486 e. The summed E-state index contributed by atoms with van der Waals surface area (Å²) in [5.41, 5.74) is 9.11. The van der Waals surface area contributed by atoms with Crippen LogP contribution in [0.5, 0.6) is 5.75 Å². The van der Waals surface area contributed by atoms with Crippen LogP contribution in [0.25, 0.3) is 22.3 Å². The second-order valence-corrected chi connectivity index (χ2v) is 10.5. The van der Waals surface area contributed by atoms with Crippen molar-refractivity contribution in [3.8, 4) is 17.1 Å². The van der Waals surface area contributed by atoms with Crippen LogP contribution < -0.4 is 15.4 Å². The van der Waals surface area contributed by atoms with Gasteiger partial charge < -0.3 is 19.9 Å². The number of aromatic nitrogens is 7. The van der Waals surface area contributed by atoms with Gasteiger partial charge in [-0.1, -0.05) is 23.2 Å². The summed E-state index contributed by atoms with van der Waals surface area (Å²) in [6.07, 6.45) is 7.15. The normalized spacial score (nSPS) is 15.4. The number of nitrogens with one attached hydrogen (secondary N) is 1. The fourth-order valence-electron chi connectivity index (χ4n) is 4.82. The highest BCUT2D eigenvalue weighted by atomic mass is 35.5. The van der Waals surface area contributed by atoms with Gasteiger partial charge in [-0.3, -0.25) is 10.1 Å². The van der Waals surface area contributed by atoms with Crippen LogP contribution in [-0.2, 0) is 13.5 Å². The van der Waals surface area contributed by atoms with Crippen molar-refractivity contribution in [1.82, 2.24) is 34.9 Å². The van der Waals surface area contributed by atoms with Crippen LogP contribution in [0.15, 0.2) is 55.1 Å². The Kier molecular flexibility index (Phi) is 6.17. The SMILES string of the molecule is C[C@@H](Oc1ccc2[nH]nc(-c3ccc(N4CC(N)(Cc5nccn5C)C4)nn3)c2c1)c1c(Cl)cncc1Cl. The fourth-order valence-corrected chi connectivity index (χ4v) is 5.50. The molecule has 194 valence electrons. The van der Waals surface area contributed by atoms with Gasteiger partial charge in [0.2, 0.25) is 0 Å². The molecule has 10 nitrogen and oxygen atoms in total. The first-order valence-electron chi connectivity index (χ1n) is 12.1. The van der Waals surface area contributed by atoms with Gasteiger partial charge in [-0.25, -0.2) is 4.98 Å². The van der Waals surface area contributed by atoms with Crippen LogP contribution in [0.3, 0.4) is 0 Å². The van der Waals surface area contributed by atoms with Gasteiger partial charge >= 0.3 is 0 Å². The average Bonchev–Trinajstić information content (AvgIpc) is 3.48. The first-order valence-corrected chi connectivity index (χ1v) is 12.8. The monoisotopic (exact) mass is 549 g/mol. The molecular weight excluding hydrogens is 525 g/mol. The lowest BCUT2D eigenvalue weighted by Crippen LogP contribution is -2.69. The molecule has 0 amide bonds. The summed E-state index contributed by atoms with van der Waals surface area (Å²) in [4.78, 5) is 10.5. The van der Waals surface area contributed by atoms with E-state index in [2.05, 4.69) is 35.3 Å². The molecular formula is C26H25Cl2N9O. The number of aryl methyl sites for hydroxylation is 1. The second-order valence-electron chi connectivity index (χ2n) is 9.68. The molecule has 1 atom stereocenters. The molecule has 12 heteroatoms. The van der Waals surface area contributed by atoms with Crippen molar-refractivity contribution in [3.05, 3.63) is 76.6 Å². The van der Waals surface area contributed by atoms with Gasteiger partial charge in [-0.2, -0.15) is 5.10 Å². The number of benzene rings is 1. The summed E-state index contributed by atoms with van der Waals surface area (Å²) >= 11 is 12.6. The van der Waals surface area contributed by atoms with E-state index >= 15 is 0 Å². The summed E-state index contributed by atoms with van der Waals surface area (Å²) in [5.74, 6) is 2.40. The Morgan fingerprint density at radius 1 is 1.13 bits per heavy atom. The fraction of sp³-hybridized carbons (Fsp3) is 0.269. The van der Waals surface area contributed by atoms with Gasteiger partial charge in [0.1, 0.15) is 29.1 Å². The minimum atomic E-state index is -0.381. The molecule has 0 saturated carbocycles. The first-order chi connectivity index (χ1) is 18.3. The maximum atomic E-state index is 6.58. The van der Waals surface area contributed by atoms with E-state index in [1.54, 1.807) is 18.6 Å². The lowest BCUT2D eigenvalue weighted by Gasteiger charge is -2.48. The van der Waals surface area contributed by atoms with Gasteiger partial charge in [0.25, 0.3) is 0 Å². The molecule has 1 saturated heterocycles. The van der Waals surface area contributed by atoms with Crippen LogP contribution in [0.2, 0.25) is 10.0 Å². The largest absolute Gasteiger partial charge is 0.486 e. The number of nitrogens with two attached hydrogens (primary N) is 1. The molecule has 0 radical (unpaired) electrons. The van der Waals surface area contributed by atoms with Gasteiger partial charge in [-0.15, -0.1) is 10.2 Å². The zero-order valence-corrected chi connectivity index (χ0v) is 22.3. The topological polar surface area (TPSA) is 124 Å². The number of pyridine rings is 1. The molecule has 1 fully saturated rings. The van der Waals surface area contributed by atoms with Gasteiger partial charge in [-0.05, 0) is 37.3 Å². The highest BCUT2D eigenvalue weighted by molar-refractivity contribution is 6.35. The Balaban J connectivity index is 1.18. The molecule has 0 aliphatic carbocycles. The number of hydrogen-bond donors (Lipinski definition) is 2. The summed E-state index contributed by atoms with van der Waals surface area (Å²) in [6.45, 7) is 3.26. The summed E-state index contributed by atoms with van der Waals surface area (Å²) in [5, 5.41) is 18.2. The number of aromatic amines is 1. The van der Waals surface area contributed by atoms with Crippen LogP contribution in [0, 0.1) is 0 Å². The molecule has 4 aromatic heterocycles. The van der Waals surface area contributed by atoms with Crippen LogP contribution in [0.4, 0.5) is 5.82 Å². The standard InChI is InChI=1S/C26H25Cl2N9O/c1-15(24-18(27)11-30-12-19(24)28)38-16-3-4-20-17(9-16)25(35-32-20)21-5-6-22(34-33-21)37-13-26(29,14-37)10-23-31-7-8-36(23)2/h3-9,11-12,15H,10,13-14,29H2,1-2H3,(H,32,35)/t15-/m1/s1. The first kappa shape index (κ1) is 24.6. The lowest BCUT2D eigenvalue weighted by molar-refractivity contribution is 0.227. The molecule has 5 heterocycles. The molecule has 6 rings (SSSR count). The Labute approximate surface area is 228 Å². The second kappa shape index (κ2) is 9.54. The zero-order valence-electron chi connectivity index (χ0n) is 20.8. The van der Waals surface area contributed by atoms with E-state index in [1.807, 2.05) is 55.1 Å². The third kappa shape index (κ3) is 4.55. The number of H-pyrrole nitrogens is 1. The molecule has 1 aromatic carbocycles. The third-order valence-corrected chi connectivity index (χ3v) is 7.41. The number of fused-ring (bicyclic) bond motifs is 1. The number of halogens is 2. The van der Waals surface area contributed by atoms with E-state index < -0.39 is 0 Å². The Morgan fingerprint density at radius 2 is 1.92 bits per heavy atom. The molecule has 0 bridgehead atoms. The third-order valence-electron chi connectivity index (χ3n) is 6.80. The van der Waals surface area contributed by atoms with Crippen LogP contribution in [-0.4, -0.2) is 53.6 Å². The lowest BCUT2D eigenvalue weighted by atomic mass is 9.87. The molecule has 38 heavy (non-hydrogen) atoms. The maximum absolute atomic E-state index is 6.58. The summed E-state index contributed by atoms with van der Waals surface area (Å²) < 4.78 is 8.17. The Bertz CT molecular complexity index is 1590. The van der Waals surface area contributed by atoms with E-state index in [-0.39, 0.29) is 11.6 Å². The molecule has 1 aliphatic rings. The molecule has 0 spiro atoms. The van der Waals surface area contributed by atoms with Crippen molar-refractivity contribution in [2.24, 2.45) is 12.8 Å². The molecule has 1 aliphatic heterocycles. The predicted octanol–water partition coefficient (Wildman–Crippen LogP) is 4.36. The van der Waals surface area contributed by atoms with Gasteiger partial charge in [0.05, 0.1) is 21.1 Å². The molecule has 3 N–H and O–H groups in total. The van der Waals surface area contributed by atoms with Crippen LogP contribution in [0.1, 0.15) is 24.4 Å². The van der Waals surface area contributed by atoms with E-state index in [1.165, 1.54) is 0 Å². The number of nitrogens with zero attached hydrogens (tertiary/aromatic N) is 7. The van der Waals surface area contributed by atoms with E-state index in [0.717, 1.165) is 22.5 Å². The zero-order chi connectivity index (χ0) is 26.4.